The summed E-state index contributed by atoms with van der Waals surface area (Å²) in [6.45, 7) is 5.05. The van der Waals surface area contributed by atoms with Crippen LogP contribution in [-0.2, 0) is 17.5 Å². The highest BCUT2D eigenvalue weighted by Gasteiger charge is 2.39. The second kappa shape index (κ2) is 10.4. The molecule has 3 aliphatic rings. The molecule has 3 aromatic rings. The fraction of sp³-hybridized carbons (Fsp3) is 0.464. The molecule has 2 aromatic carbocycles. The van der Waals surface area contributed by atoms with Crippen LogP contribution in [-0.4, -0.2) is 76.3 Å². The third-order valence-corrected chi connectivity index (χ3v) is 9.37. The van der Waals surface area contributed by atoms with Crippen molar-refractivity contribution in [3.8, 4) is 11.1 Å². The number of anilines is 1. The molecule has 1 amide bonds. The number of piperazine rings is 1. The number of carbonyl (C=O) groups excluding carboxylic acids is 1. The molecule has 7 nitrogen and oxygen atoms in total. The zero-order valence-electron chi connectivity index (χ0n) is 22.0. The zero-order chi connectivity index (χ0) is 28.2. The summed E-state index contributed by atoms with van der Waals surface area (Å²) in [6, 6.07) is 6.09. The van der Waals surface area contributed by atoms with Gasteiger partial charge in [-0.15, -0.1) is 11.8 Å². The van der Waals surface area contributed by atoms with Gasteiger partial charge in [0.2, 0.25) is 5.91 Å². The van der Waals surface area contributed by atoms with Gasteiger partial charge in [-0.05, 0) is 49.7 Å². The average molecular weight is 576 g/mol. The molecule has 0 saturated carbocycles. The van der Waals surface area contributed by atoms with Crippen molar-refractivity contribution in [1.29, 1.82) is 0 Å². The lowest BCUT2D eigenvalue weighted by molar-refractivity contribution is -0.137. The third kappa shape index (κ3) is 4.85. The van der Waals surface area contributed by atoms with Crippen LogP contribution in [0.5, 0.6) is 0 Å². The van der Waals surface area contributed by atoms with E-state index in [4.69, 9.17) is 0 Å². The first-order valence-corrected chi connectivity index (χ1v) is 14.4. The Morgan fingerprint density at radius 2 is 1.70 bits per heavy atom. The fourth-order valence-electron chi connectivity index (χ4n) is 6.07. The van der Waals surface area contributed by atoms with E-state index in [-0.39, 0.29) is 34.3 Å². The number of carbonyl (C=O) groups is 1. The Hall–Kier alpha value is -3.12. The lowest BCUT2D eigenvalue weighted by atomic mass is 9.96. The molecule has 0 radical (unpaired) electrons. The van der Waals surface area contributed by atoms with Crippen molar-refractivity contribution < 1.29 is 22.4 Å². The summed E-state index contributed by atoms with van der Waals surface area (Å²) in [5.41, 5.74) is -0.717. The van der Waals surface area contributed by atoms with Crippen LogP contribution < -0.4 is 10.6 Å². The van der Waals surface area contributed by atoms with Gasteiger partial charge in [0, 0.05) is 67.3 Å². The van der Waals surface area contributed by atoms with Gasteiger partial charge in [-0.1, -0.05) is 12.1 Å². The SMILES string of the molecule is CC(=O)N1CCN(c2nc(=O)n3c4c(c(-c5ccc(F)cc5)c(C(F)(F)F)cc24)SCC(N2CCCC2)C3)CC1. The summed E-state index contributed by atoms with van der Waals surface area (Å²) in [6.07, 6.45) is -2.62. The molecule has 4 heterocycles. The lowest BCUT2D eigenvalue weighted by Crippen LogP contribution is -2.49. The van der Waals surface area contributed by atoms with Crippen LogP contribution in [0.4, 0.5) is 23.4 Å². The Bertz CT molecular complexity index is 1510. The molecule has 212 valence electrons. The number of amides is 1. The highest BCUT2D eigenvalue weighted by Crippen LogP contribution is 2.48. The summed E-state index contributed by atoms with van der Waals surface area (Å²) in [5, 5.41) is 0.263. The van der Waals surface area contributed by atoms with Crippen molar-refractivity contribution in [2.24, 2.45) is 0 Å². The Morgan fingerprint density at radius 1 is 1.02 bits per heavy atom. The first-order valence-electron chi connectivity index (χ1n) is 13.4. The first kappa shape index (κ1) is 27.1. The monoisotopic (exact) mass is 575 g/mol. The molecule has 12 heteroatoms. The molecule has 1 aromatic heterocycles. The molecule has 1 unspecified atom stereocenters. The second-order valence-electron chi connectivity index (χ2n) is 10.6. The van der Waals surface area contributed by atoms with Gasteiger partial charge in [0.1, 0.15) is 11.6 Å². The van der Waals surface area contributed by atoms with Crippen LogP contribution in [0.3, 0.4) is 0 Å². The van der Waals surface area contributed by atoms with Crippen LogP contribution in [0.25, 0.3) is 22.0 Å². The number of halogens is 4. The molecular weight excluding hydrogens is 546 g/mol. The van der Waals surface area contributed by atoms with Gasteiger partial charge in [-0.2, -0.15) is 18.2 Å². The molecule has 3 aliphatic heterocycles. The molecule has 0 bridgehead atoms. The lowest BCUT2D eigenvalue weighted by Gasteiger charge is -2.35. The van der Waals surface area contributed by atoms with Gasteiger partial charge in [0.05, 0.1) is 11.1 Å². The summed E-state index contributed by atoms with van der Waals surface area (Å²) in [5.74, 6) is 0.0998. The summed E-state index contributed by atoms with van der Waals surface area (Å²) >= 11 is 1.33. The van der Waals surface area contributed by atoms with E-state index in [9.17, 15) is 27.2 Å². The molecule has 0 N–H and O–H groups in total. The maximum absolute atomic E-state index is 14.8. The standard InChI is InChI=1S/C28H29F4N5O2S/c1-17(38)34-10-12-36(13-11-34)26-21-14-22(28(30,31)32)23(18-4-6-19(29)7-5-18)25-24(21)37(27(39)33-26)15-20(16-40-25)35-8-2-3-9-35/h4-7,14,20H,2-3,8-13,15-16H2,1H3. The molecule has 6 rings (SSSR count). The normalized spacial score (nSPS) is 20.3. The summed E-state index contributed by atoms with van der Waals surface area (Å²) < 4.78 is 59.6. The highest BCUT2D eigenvalue weighted by atomic mass is 32.2. The summed E-state index contributed by atoms with van der Waals surface area (Å²) in [4.78, 5) is 36.0. The minimum atomic E-state index is -4.71. The topological polar surface area (TPSA) is 61.7 Å². The Balaban J connectivity index is 1.60. The Kier molecular flexibility index (Phi) is 7.02. The molecule has 0 spiro atoms. The number of benzene rings is 2. The number of likely N-dealkylation sites (tertiary alicyclic amines) is 1. The van der Waals surface area contributed by atoms with E-state index in [1.807, 2.05) is 0 Å². The molecular formula is C28H29F4N5O2S. The second-order valence-corrected chi connectivity index (χ2v) is 11.6. The fourth-order valence-corrected chi connectivity index (χ4v) is 7.48. The number of rotatable bonds is 3. The van der Waals surface area contributed by atoms with Crippen LogP contribution in [0, 0.1) is 5.82 Å². The van der Waals surface area contributed by atoms with Crippen LogP contribution >= 0.6 is 11.8 Å². The number of nitrogens with zero attached hydrogens (tertiary/aromatic N) is 5. The van der Waals surface area contributed by atoms with Crippen LogP contribution in [0.15, 0.2) is 40.0 Å². The van der Waals surface area contributed by atoms with E-state index < -0.39 is 23.2 Å². The van der Waals surface area contributed by atoms with Crippen molar-refractivity contribution in [2.45, 2.75) is 43.4 Å². The third-order valence-electron chi connectivity index (χ3n) is 8.13. The highest BCUT2D eigenvalue weighted by molar-refractivity contribution is 7.99. The van der Waals surface area contributed by atoms with Gasteiger partial charge in [0.25, 0.3) is 0 Å². The largest absolute Gasteiger partial charge is 0.417 e. The Labute approximate surface area is 232 Å². The van der Waals surface area contributed by atoms with Crippen molar-refractivity contribution in [3.63, 3.8) is 0 Å². The van der Waals surface area contributed by atoms with Crippen LogP contribution in [0.2, 0.25) is 0 Å². The van der Waals surface area contributed by atoms with E-state index in [1.165, 1.54) is 35.4 Å². The number of alkyl halides is 3. The maximum Gasteiger partial charge on any atom is 0.417 e. The average Bonchev–Trinajstić information content (AvgIpc) is 3.38. The van der Waals surface area contributed by atoms with E-state index in [2.05, 4.69) is 9.88 Å². The van der Waals surface area contributed by atoms with Gasteiger partial charge >= 0.3 is 11.9 Å². The molecule has 2 saturated heterocycles. The van der Waals surface area contributed by atoms with E-state index in [0.717, 1.165) is 44.1 Å². The predicted octanol–water partition coefficient (Wildman–Crippen LogP) is 4.46. The molecule has 1 atom stereocenters. The maximum atomic E-state index is 14.8. The number of thioether (sulfide) groups is 1. The van der Waals surface area contributed by atoms with E-state index >= 15 is 0 Å². The molecule has 2 fully saturated rings. The summed E-state index contributed by atoms with van der Waals surface area (Å²) in [7, 11) is 0. The zero-order valence-corrected chi connectivity index (χ0v) is 22.8. The predicted molar refractivity (Wildman–Crippen MR) is 146 cm³/mol. The number of hydrogen-bond donors (Lipinski definition) is 0. The van der Waals surface area contributed by atoms with Crippen molar-refractivity contribution in [3.05, 3.63) is 52.2 Å². The minimum Gasteiger partial charge on any atom is -0.352 e. The Morgan fingerprint density at radius 3 is 2.33 bits per heavy atom. The molecule has 0 aliphatic carbocycles. The smallest absolute Gasteiger partial charge is 0.352 e. The van der Waals surface area contributed by atoms with Crippen LogP contribution in [0.1, 0.15) is 25.3 Å². The minimum absolute atomic E-state index is 0.0389. The van der Waals surface area contributed by atoms with Gasteiger partial charge in [-0.3, -0.25) is 14.3 Å². The van der Waals surface area contributed by atoms with Crippen molar-refractivity contribution >= 4 is 34.4 Å². The molecule has 40 heavy (non-hydrogen) atoms. The van der Waals surface area contributed by atoms with E-state index in [0.29, 0.717) is 48.9 Å². The van der Waals surface area contributed by atoms with Gasteiger partial charge in [-0.25, -0.2) is 9.18 Å². The quantitative estimate of drug-likeness (QED) is 0.430. The van der Waals surface area contributed by atoms with E-state index in [1.54, 1.807) is 9.80 Å². The number of hydrogen-bond acceptors (Lipinski definition) is 6. The number of aromatic nitrogens is 2. The van der Waals surface area contributed by atoms with Gasteiger partial charge < -0.3 is 9.80 Å². The van der Waals surface area contributed by atoms with Gasteiger partial charge in [0.15, 0.2) is 0 Å². The van der Waals surface area contributed by atoms with Crippen molar-refractivity contribution in [1.82, 2.24) is 19.4 Å². The van der Waals surface area contributed by atoms with Crippen molar-refractivity contribution in [2.75, 3.05) is 49.9 Å². The first-order chi connectivity index (χ1) is 19.1.